The van der Waals surface area contributed by atoms with Gasteiger partial charge < -0.3 is 14.8 Å². The van der Waals surface area contributed by atoms with Crippen molar-refractivity contribution >= 4 is 0 Å². The Morgan fingerprint density at radius 2 is 2.06 bits per heavy atom. The van der Waals surface area contributed by atoms with Gasteiger partial charge in [0.15, 0.2) is 0 Å². The number of nitrogens with one attached hydrogen (secondary N) is 1. The summed E-state index contributed by atoms with van der Waals surface area (Å²) < 4.78 is 11.5. The molecule has 18 heavy (non-hydrogen) atoms. The number of hydrogen-bond donors (Lipinski definition) is 1. The lowest BCUT2D eigenvalue weighted by atomic mass is 9.88. The number of rotatable bonds is 4. The zero-order valence-electron chi connectivity index (χ0n) is 11.8. The molecule has 0 aromatic carbocycles. The normalized spacial score (nSPS) is 38.5. The average molecular weight is 253 g/mol. The SMILES string of the molecule is CC(C)C1(CNC2CCOC3(CCOC3)C2)CC1. The van der Waals surface area contributed by atoms with Gasteiger partial charge in [0, 0.05) is 32.2 Å². The van der Waals surface area contributed by atoms with Crippen molar-refractivity contribution in [2.75, 3.05) is 26.4 Å². The van der Waals surface area contributed by atoms with E-state index in [4.69, 9.17) is 9.47 Å². The predicted molar refractivity (Wildman–Crippen MR) is 71.6 cm³/mol. The third-order valence-corrected chi connectivity index (χ3v) is 5.42. The second kappa shape index (κ2) is 4.77. The highest BCUT2D eigenvalue weighted by atomic mass is 16.6. The van der Waals surface area contributed by atoms with E-state index in [1.165, 1.54) is 19.4 Å². The van der Waals surface area contributed by atoms with Crippen LogP contribution in [0.15, 0.2) is 0 Å². The van der Waals surface area contributed by atoms with Crippen LogP contribution in [0.5, 0.6) is 0 Å². The van der Waals surface area contributed by atoms with E-state index in [0.717, 1.165) is 45.0 Å². The van der Waals surface area contributed by atoms with Gasteiger partial charge in [0.1, 0.15) is 0 Å². The molecule has 0 amide bonds. The smallest absolute Gasteiger partial charge is 0.0951 e. The summed E-state index contributed by atoms with van der Waals surface area (Å²) in [6, 6.07) is 0.636. The van der Waals surface area contributed by atoms with E-state index in [-0.39, 0.29) is 5.60 Å². The Hall–Kier alpha value is -0.120. The zero-order chi connectivity index (χ0) is 12.6. The summed E-state index contributed by atoms with van der Waals surface area (Å²) in [4.78, 5) is 0. The minimum atomic E-state index is 0.0461. The van der Waals surface area contributed by atoms with Gasteiger partial charge in [0.05, 0.1) is 12.2 Å². The summed E-state index contributed by atoms with van der Waals surface area (Å²) in [5.74, 6) is 0.814. The molecule has 3 nitrogen and oxygen atoms in total. The van der Waals surface area contributed by atoms with E-state index in [1.54, 1.807) is 0 Å². The summed E-state index contributed by atoms with van der Waals surface area (Å²) >= 11 is 0. The van der Waals surface area contributed by atoms with Gasteiger partial charge >= 0.3 is 0 Å². The van der Waals surface area contributed by atoms with Gasteiger partial charge in [-0.15, -0.1) is 0 Å². The molecule has 2 atom stereocenters. The van der Waals surface area contributed by atoms with E-state index in [9.17, 15) is 0 Å². The van der Waals surface area contributed by atoms with Gasteiger partial charge in [-0.25, -0.2) is 0 Å². The Morgan fingerprint density at radius 1 is 1.22 bits per heavy atom. The van der Waals surface area contributed by atoms with Crippen LogP contribution in [0.3, 0.4) is 0 Å². The van der Waals surface area contributed by atoms with Crippen LogP contribution in [-0.4, -0.2) is 38.0 Å². The summed E-state index contributed by atoms with van der Waals surface area (Å²) in [6.45, 7) is 8.51. The van der Waals surface area contributed by atoms with Crippen LogP contribution >= 0.6 is 0 Å². The molecule has 0 bridgehead atoms. The van der Waals surface area contributed by atoms with Crippen molar-refractivity contribution in [3.8, 4) is 0 Å². The first kappa shape index (κ1) is 12.9. The number of hydrogen-bond acceptors (Lipinski definition) is 3. The molecule has 0 aromatic heterocycles. The molecule has 1 spiro atoms. The van der Waals surface area contributed by atoms with Gasteiger partial charge in [-0.2, -0.15) is 0 Å². The van der Waals surface area contributed by atoms with Crippen molar-refractivity contribution in [1.82, 2.24) is 5.32 Å². The first-order chi connectivity index (χ1) is 8.64. The van der Waals surface area contributed by atoms with Crippen LogP contribution in [0.2, 0.25) is 0 Å². The molecule has 104 valence electrons. The summed E-state index contributed by atoms with van der Waals surface area (Å²) in [5, 5.41) is 3.82. The molecule has 2 aliphatic heterocycles. The molecule has 2 saturated heterocycles. The van der Waals surface area contributed by atoms with Crippen molar-refractivity contribution in [2.45, 2.75) is 57.6 Å². The Morgan fingerprint density at radius 3 is 2.67 bits per heavy atom. The maximum atomic E-state index is 5.99. The van der Waals surface area contributed by atoms with Crippen LogP contribution in [0, 0.1) is 11.3 Å². The lowest BCUT2D eigenvalue weighted by Crippen LogP contribution is -2.48. The molecular formula is C15H27NO2. The highest BCUT2D eigenvalue weighted by Crippen LogP contribution is 2.51. The van der Waals surface area contributed by atoms with Crippen molar-refractivity contribution in [3.63, 3.8) is 0 Å². The van der Waals surface area contributed by atoms with Crippen LogP contribution in [0.4, 0.5) is 0 Å². The molecule has 1 aliphatic carbocycles. The van der Waals surface area contributed by atoms with Gasteiger partial charge in [0.2, 0.25) is 0 Å². The lowest BCUT2D eigenvalue weighted by Gasteiger charge is -2.38. The van der Waals surface area contributed by atoms with Crippen LogP contribution < -0.4 is 5.32 Å². The van der Waals surface area contributed by atoms with Crippen molar-refractivity contribution < 1.29 is 9.47 Å². The Kier molecular flexibility index (Phi) is 3.41. The highest BCUT2D eigenvalue weighted by molar-refractivity contribution is 4.99. The predicted octanol–water partition coefficient (Wildman–Crippen LogP) is 2.35. The van der Waals surface area contributed by atoms with Gasteiger partial charge in [0.25, 0.3) is 0 Å². The van der Waals surface area contributed by atoms with Crippen LogP contribution in [-0.2, 0) is 9.47 Å². The fourth-order valence-electron chi connectivity index (χ4n) is 3.53. The summed E-state index contributed by atoms with van der Waals surface area (Å²) in [6.07, 6.45) is 6.21. The van der Waals surface area contributed by atoms with Crippen molar-refractivity contribution in [1.29, 1.82) is 0 Å². The Bertz CT molecular complexity index is 293. The first-order valence-corrected chi connectivity index (χ1v) is 7.59. The standard InChI is InChI=1S/C15H27NO2/c1-12(2)14(4-5-14)10-16-13-3-7-18-15(9-13)6-8-17-11-15/h12-13,16H,3-11H2,1-2H3. The van der Waals surface area contributed by atoms with Gasteiger partial charge in [-0.1, -0.05) is 13.8 Å². The van der Waals surface area contributed by atoms with Gasteiger partial charge in [-0.3, -0.25) is 0 Å². The van der Waals surface area contributed by atoms with Crippen LogP contribution in [0.1, 0.15) is 46.0 Å². The maximum Gasteiger partial charge on any atom is 0.0951 e. The number of ether oxygens (including phenoxy) is 2. The molecular weight excluding hydrogens is 226 g/mol. The Balaban J connectivity index is 1.51. The van der Waals surface area contributed by atoms with E-state index in [0.29, 0.717) is 11.5 Å². The molecule has 3 heteroatoms. The minimum Gasteiger partial charge on any atom is -0.378 e. The van der Waals surface area contributed by atoms with E-state index >= 15 is 0 Å². The largest absolute Gasteiger partial charge is 0.378 e. The third kappa shape index (κ3) is 2.45. The van der Waals surface area contributed by atoms with Crippen molar-refractivity contribution in [3.05, 3.63) is 0 Å². The maximum absolute atomic E-state index is 5.99. The molecule has 0 radical (unpaired) electrons. The van der Waals surface area contributed by atoms with Crippen molar-refractivity contribution in [2.24, 2.45) is 11.3 Å². The fraction of sp³-hybridized carbons (Fsp3) is 1.00. The molecule has 3 aliphatic rings. The lowest BCUT2D eigenvalue weighted by molar-refractivity contribution is -0.0898. The molecule has 3 fully saturated rings. The van der Waals surface area contributed by atoms with Gasteiger partial charge in [-0.05, 0) is 37.0 Å². The zero-order valence-corrected chi connectivity index (χ0v) is 11.8. The fourth-order valence-corrected chi connectivity index (χ4v) is 3.53. The quantitative estimate of drug-likeness (QED) is 0.834. The minimum absolute atomic E-state index is 0.0461. The van der Waals surface area contributed by atoms with Crippen LogP contribution in [0.25, 0.3) is 0 Å². The molecule has 1 saturated carbocycles. The second-order valence-corrected chi connectivity index (χ2v) is 6.92. The molecule has 2 unspecified atom stereocenters. The molecule has 1 N–H and O–H groups in total. The Labute approximate surface area is 111 Å². The second-order valence-electron chi connectivity index (χ2n) is 6.92. The topological polar surface area (TPSA) is 30.5 Å². The molecule has 2 heterocycles. The van der Waals surface area contributed by atoms with E-state index in [2.05, 4.69) is 19.2 Å². The highest BCUT2D eigenvalue weighted by Gasteiger charge is 2.46. The summed E-state index contributed by atoms with van der Waals surface area (Å²) in [7, 11) is 0. The molecule has 3 rings (SSSR count). The monoisotopic (exact) mass is 253 g/mol. The van der Waals surface area contributed by atoms with E-state index < -0.39 is 0 Å². The third-order valence-electron chi connectivity index (χ3n) is 5.42. The molecule has 0 aromatic rings. The average Bonchev–Trinajstić information content (AvgIpc) is 3.04. The first-order valence-electron chi connectivity index (χ1n) is 7.59. The summed E-state index contributed by atoms with van der Waals surface area (Å²) in [5.41, 5.74) is 0.655. The van der Waals surface area contributed by atoms with E-state index in [1.807, 2.05) is 0 Å².